The molecule has 1 spiro atoms. The fraction of sp³-hybridized carbons (Fsp3) is 0.400. The average molecular weight is 372 g/mol. The molecular weight excluding hydrogens is 350 g/mol. The minimum atomic E-state index is -0.384. The van der Waals surface area contributed by atoms with Crippen molar-refractivity contribution in [2.75, 3.05) is 6.54 Å². The topological polar surface area (TPSA) is 64.9 Å². The Bertz CT molecular complexity index is 822. The van der Waals surface area contributed by atoms with E-state index in [9.17, 15) is 9.90 Å². The SMILES string of the molecule is C=C1C(O)=C(C(=O)NCc2ccc(Cl)cc2)N=C2N1CCCC21CCC1. The monoisotopic (exact) mass is 371 g/mol. The third-order valence-electron chi connectivity index (χ3n) is 5.70. The normalized spacial score (nSPS) is 21.2. The van der Waals surface area contributed by atoms with Gasteiger partial charge in [-0.3, -0.25) is 4.79 Å². The maximum absolute atomic E-state index is 12.7. The highest BCUT2D eigenvalue weighted by molar-refractivity contribution is 6.30. The third-order valence-corrected chi connectivity index (χ3v) is 5.95. The van der Waals surface area contributed by atoms with Gasteiger partial charge in [-0.05, 0) is 43.4 Å². The van der Waals surface area contributed by atoms with Crippen molar-refractivity contribution in [3.8, 4) is 0 Å². The molecule has 1 aromatic rings. The van der Waals surface area contributed by atoms with Crippen LogP contribution in [0.2, 0.25) is 5.02 Å². The lowest BCUT2D eigenvalue weighted by atomic mass is 9.63. The number of halogens is 1. The number of amides is 1. The summed E-state index contributed by atoms with van der Waals surface area (Å²) in [6.45, 7) is 5.15. The number of nitrogens with zero attached hydrogens (tertiary/aromatic N) is 2. The molecule has 2 aliphatic heterocycles. The molecule has 4 rings (SSSR count). The number of carbonyl (C=O) groups excluding carboxylic acids is 1. The van der Waals surface area contributed by atoms with Crippen molar-refractivity contribution in [3.05, 3.63) is 58.6 Å². The first-order valence-electron chi connectivity index (χ1n) is 9.02. The number of piperidine rings is 1. The van der Waals surface area contributed by atoms with Gasteiger partial charge in [0.2, 0.25) is 0 Å². The van der Waals surface area contributed by atoms with Crippen LogP contribution in [0, 0.1) is 5.41 Å². The quantitative estimate of drug-likeness (QED) is 0.846. The zero-order valence-electron chi connectivity index (χ0n) is 14.6. The number of fused-ring (bicyclic) bond motifs is 2. The summed E-state index contributed by atoms with van der Waals surface area (Å²) in [6, 6.07) is 7.27. The molecule has 2 fully saturated rings. The number of aliphatic imine (C=N–C) groups is 1. The second-order valence-electron chi connectivity index (χ2n) is 7.28. The van der Waals surface area contributed by atoms with E-state index in [1.807, 2.05) is 17.0 Å². The Balaban J connectivity index is 1.56. The molecule has 2 heterocycles. The number of nitrogens with one attached hydrogen (secondary N) is 1. The third kappa shape index (κ3) is 2.80. The average Bonchev–Trinajstić information content (AvgIpc) is 2.62. The zero-order chi connectivity index (χ0) is 18.3. The van der Waals surface area contributed by atoms with Crippen molar-refractivity contribution in [1.82, 2.24) is 10.2 Å². The number of amidine groups is 1. The molecule has 6 heteroatoms. The van der Waals surface area contributed by atoms with Gasteiger partial charge in [0, 0.05) is 23.5 Å². The molecule has 0 bridgehead atoms. The number of rotatable bonds is 3. The second-order valence-corrected chi connectivity index (χ2v) is 7.71. The van der Waals surface area contributed by atoms with Crippen LogP contribution in [0.25, 0.3) is 0 Å². The summed E-state index contributed by atoms with van der Waals surface area (Å²) in [6.07, 6.45) is 5.53. The lowest BCUT2D eigenvalue weighted by Crippen LogP contribution is -2.53. The predicted octanol–water partition coefficient (Wildman–Crippen LogP) is 3.92. The molecule has 26 heavy (non-hydrogen) atoms. The van der Waals surface area contributed by atoms with Gasteiger partial charge in [0.1, 0.15) is 5.84 Å². The van der Waals surface area contributed by atoms with Crippen molar-refractivity contribution in [2.24, 2.45) is 10.4 Å². The molecule has 136 valence electrons. The Morgan fingerprint density at radius 3 is 2.62 bits per heavy atom. The molecule has 1 aromatic carbocycles. The molecule has 1 amide bonds. The van der Waals surface area contributed by atoms with Crippen LogP contribution >= 0.6 is 11.6 Å². The molecule has 1 aliphatic carbocycles. The van der Waals surface area contributed by atoms with Gasteiger partial charge in [-0.2, -0.15) is 0 Å². The number of hydrogen-bond acceptors (Lipinski definition) is 4. The lowest BCUT2D eigenvalue weighted by molar-refractivity contribution is -0.117. The van der Waals surface area contributed by atoms with Gasteiger partial charge in [0.05, 0.1) is 5.70 Å². The highest BCUT2D eigenvalue weighted by Gasteiger charge is 2.48. The summed E-state index contributed by atoms with van der Waals surface area (Å²) < 4.78 is 0. The van der Waals surface area contributed by atoms with E-state index in [0.717, 1.165) is 43.6 Å². The van der Waals surface area contributed by atoms with E-state index in [1.165, 1.54) is 6.42 Å². The standard InChI is InChI=1S/C20H22ClN3O2/c1-13-17(25)16(18(26)22-12-14-4-6-15(21)7-5-14)23-19-20(8-2-9-20)10-3-11-24(13)19/h4-7,25H,1-3,8-12H2,(H,22,26). The van der Waals surface area contributed by atoms with Crippen LogP contribution < -0.4 is 5.32 Å². The minimum Gasteiger partial charge on any atom is -0.504 e. The summed E-state index contributed by atoms with van der Waals surface area (Å²) >= 11 is 5.88. The fourth-order valence-corrected chi connectivity index (χ4v) is 4.17. The van der Waals surface area contributed by atoms with E-state index < -0.39 is 0 Å². The largest absolute Gasteiger partial charge is 0.504 e. The molecule has 0 radical (unpaired) electrons. The molecule has 3 aliphatic rings. The van der Waals surface area contributed by atoms with E-state index in [0.29, 0.717) is 17.3 Å². The zero-order valence-corrected chi connectivity index (χ0v) is 15.4. The highest BCUT2D eigenvalue weighted by Crippen LogP contribution is 2.51. The van der Waals surface area contributed by atoms with E-state index in [-0.39, 0.29) is 22.8 Å². The van der Waals surface area contributed by atoms with E-state index >= 15 is 0 Å². The van der Waals surface area contributed by atoms with Crippen LogP contribution in [0.1, 0.15) is 37.7 Å². The number of carbonyl (C=O) groups is 1. The van der Waals surface area contributed by atoms with Gasteiger partial charge in [-0.1, -0.05) is 36.7 Å². The van der Waals surface area contributed by atoms with Gasteiger partial charge >= 0.3 is 0 Å². The van der Waals surface area contributed by atoms with Gasteiger partial charge in [0.15, 0.2) is 11.5 Å². The molecule has 0 aromatic heterocycles. The van der Waals surface area contributed by atoms with Crippen molar-refractivity contribution < 1.29 is 9.90 Å². The first-order chi connectivity index (χ1) is 12.5. The number of benzene rings is 1. The summed E-state index contributed by atoms with van der Waals surface area (Å²) in [5.41, 5.74) is 1.55. The Kier molecular flexibility index (Phi) is 4.27. The lowest BCUT2D eigenvalue weighted by Gasteiger charge is -2.51. The number of aliphatic hydroxyl groups is 1. The summed E-state index contributed by atoms with van der Waals surface area (Å²) in [5.74, 6) is 0.402. The Morgan fingerprint density at radius 2 is 1.96 bits per heavy atom. The number of hydrogen-bond donors (Lipinski definition) is 2. The van der Waals surface area contributed by atoms with Crippen molar-refractivity contribution in [2.45, 2.75) is 38.6 Å². The molecule has 0 unspecified atom stereocenters. The summed E-state index contributed by atoms with van der Waals surface area (Å²) in [4.78, 5) is 19.3. The fourth-order valence-electron chi connectivity index (χ4n) is 4.05. The van der Waals surface area contributed by atoms with Gasteiger partial charge in [0.25, 0.3) is 5.91 Å². The minimum absolute atomic E-state index is 0.0591. The second kappa shape index (κ2) is 6.47. The first-order valence-corrected chi connectivity index (χ1v) is 9.40. The smallest absolute Gasteiger partial charge is 0.274 e. The van der Waals surface area contributed by atoms with Crippen LogP contribution in [0.3, 0.4) is 0 Å². The summed E-state index contributed by atoms with van der Waals surface area (Å²) in [7, 11) is 0. The van der Waals surface area contributed by atoms with E-state index in [2.05, 4.69) is 16.9 Å². The van der Waals surface area contributed by atoms with Gasteiger partial charge < -0.3 is 15.3 Å². The maximum atomic E-state index is 12.7. The molecular formula is C20H22ClN3O2. The predicted molar refractivity (Wildman–Crippen MR) is 102 cm³/mol. The van der Waals surface area contributed by atoms with Crippen LogP contribution in [0.5, 0.6) is 0 Å². The van der Waals surface area contributed by atoms with Crippen LogP contribution in [0.4, 0.5) is 0 Å². The van der Waals surface area contributed by atoms with Crippen molar-refractivity contribution in [1.29, 1.82) is 0 Å². The molecule has 0 atom stereocenters. The van der Waals surface area contributed by atoms with Crippen molar-refractivity contribution in [3.63, 3.8) is 0 Å². The Labute approximate surface area is 158 Å². The number of aliphatic hydroxyl groups excluding tert-OH is 1. The van der Waals surface area contributed by atoms with Crippen molar-refractivity contribution >= 4 is 23.3 Å². The Hall–Kier alpha value is -2.27. The molecule has 1 saturated carbocycles. The first kappa shape index (κ1) is 17.2. The maximum Gasteiger partial charge on any atom is 0.274 e. The molecule has 2 N–H and O–H groups in total. The molecule has 5 nitrogen and oxygen atoms in total. The molecule has 1 saturated heterocycles. The van der Waals surface area contributed by atoms with Gasteiger partial charge in [-0.15, -0.1) is 0 Å². The van der Waals surface area contributed by atoms with Crippen LogP contribution in [0.15, 0.2) is 53.0 Å². The van der Waals surface area contributed by atoms with E-state index in [4.69, 9.17) is 11.6 Å². The highest BCUT2D eigenvalue weighted by atomic mass is 35.5. The van der Waals surface area contributed by atoms with Crippen LogP contribution in [-0.4, -0.2) is 28.3 Å². The Morgan fingerprint density at radius 1 is 1.27 bits per heavy atom. The van der Waals surface area contributed by atoms with E-state index in [1.54, 1.807) is 12.1 Å². The van der Waals surface area contributed by atoms with Gasteiger partial charge in [-0.25, -0.2) is 4.99 Å². The summed E-state index contributed by atoms with van der Waals surface area (Å²) in [5, 5.41) is 14.0. The van der Waals surface area contributed by atoms with Crippen LogP contribution in [-0.2, 0) is 11.3 Å².